The summed E-state index contributed by atoms with van der Waals surface area (Å²) in [7, 11) is 1.71. The van der Waals surface area contributed by atoms with Crippen molar-refractivity contribution in [3.63, 3.8) is 0 Å². The third-order valence-corrected chi connectivity index (χ3v) is 4.71. The third-order valence-electron chi connectivity index (χ3n) is 4.71. The highest BCUT2D eigenvalue weighted by Crippen LogP contribution is 2.35. The molecule has 1 aromatic carbocycles. The van der Waals surface area contributed by atoms with Gasteiger partial charge in [0, 0.05) is 50.1 Å². The summed E-state index contributed by atoms with van der Waals surface area (Å²) in [4.78, 5) is 16.1. The van der Waals surface area contributed by atoms with Crippen molar-refractivity contribution in [3.05, 3.63) is 23.3 Å². The van der Waals surface area contributed by atoms with E-state index in [-0.39, 0.29) is 18.1 Å². The fourth-order valence-electron chi connectivity index (χ4n) is 3.05. The van der Waals surface area contributed by atoms with Gasteiger partial charge in [0.15, 0.2) is 5.96 Å². The third kappa shape index (κ3) is 6.32. The van der Waals surface area contributed by atoms with Gasteiger partial charge in [-0.1, -0.05) is 6.92 Å². The monoisotopic (exact) mass is 390 g/mol. The van der Waals surface area contributed by atoms with Crippen molar-refractivity contribution in [2.45, 2.75) is 65.6 Å². The van der Waals surface area contributed by atoms with Gasteiger partial charge in [-0.15, -0.1) is 0 Å². The maximum absolute atomic E-state index is 11.9. The van der Waals surface area contributed by atoms with Crippen LogP contribution in [0.2, 0.25) is 0 Å². The average molecular weight is 391 g/mol. The molecule has 0 aromatic heterocycles. The smallest absolute Gasteiger partial charge is 0.221 e. The number of guanidine groups is 1. The summed E-state index contributed by atoms with van der Waals surface area (Å²) < 4.78 is 11.7. The average Bonchev–Trinajstić information content (AvgIpc) is 3.03. The standard InChI is InChI=1S/C21H34N4O3/c1-6-14(3)25-20(26)8-9-23-21(22-5)24-13-17-12-19-16(10-15(4)28-19)11-18(17)27-7-2/h11-12,14-15H,6-10,13H2,1-5H3,(H,25,26)(H2,22,23,24). The number of aliphatic imine (C=N–C) groups is 1. The van der Waals surface area contributed by atoms with Crippen LogP contribution >= 0.6 is 0 Å². The van der Waals surface area contributed by atoms with Crippen LogP contribution in [0.15, 0.2) is 17.1 Å². The van der Waals surface area contributed by atoms with E-state index in [1.165, 1.54) is 5.56 Å². The number of rotatable bonds is 9. The molecule has 1 amide bonds. The lowest BCUT2D eigenvalue weighted by molar-refractivity contribution is -0.121. The first-order valence-electron chi connectivity index (χ1n) is 10.2. The number of nitrogens with zero attached hydrogens (tertiary/aromatic N) is 1. The molecule has 0 radical (unpaired) electrons. The number of hydrogen-bond acceptors (Lipinski definition) is 4. The summed E-state index contributed by atoms with van der Waals surface area (Å²) in [5.41, 5.74) is 2.21. The van der Waals surface area contributed by atoms with Crippen LogP contribution in [0.3, 0.4) is 0 Å². The number of carbonyl (C=O) groups is 1. The molecule has 1 aliphatic heterocycles. The lowest BCUT2D eigenvalue weighted by Gasteiger charge is -2.16. The molecule has 28 heavy (non-hydrogen) atoms. The Hall–Kier alpha value is -2.44. The number of hydrogen-bond donors (Lipinski definition) is 3. The van der Waals surface area contributed by atoms with Crippen LogP contribution in [0.5, 0.6) is 11.5 Å². The van der Waals surface area contributed by atoms with Crippen LogP contribution in [0.25, 0.3) is 0 Å². The largest absolute Gasteiger partial charge is 0.494 e. The first-order chi connectivity index (χ1) is 13.5. The quantitative estimate of drug-likeness (QED) is 0.445. The van der Waals surface area contributed by atoms with Gasteiger partial charge in [-0.25, -0.2) is 0 Å². The number of benzene rings is 1. The number of nitrogens with one attached hydrogen (secondary N) is 3. The molecule has 1 aliphatic rings. The highest BCUT2D eigenvalue weighted by Gasteiger charge is 2.21. The van der Waals surface area contributed by atoms with E-state index in [1.54, 1.807) is 7.05 Å². The van der Waals surface area contributed by atoms with Crippen molar-refractivity contribution in [2.24, 2.45) is 4.99 Å². The van der Waals surface area contributed by atoms with Crippen molar-refractivity contribution < 1.29 is 14.3 Å². The van der Waals surface area contributed by atoms with Crippen molar-refractivity contribution in [1.29, 1.82) is 0 Å². The second-order valence-corrected chi connectivity index (χ2v) is 7.11. The molecule has 3 N–H and O–H groups in total. The van der Waals surface area contributed by atoms with Crippen LogP contribution in [-0.4, -0.2) is 44.2 Å². The lowest BCUT2D eigenvalue weighted by atomic mass is 10.1. The predicted molar refractivity (Wildman–Crippen MR) is 112 cm³/mol. The minimum Gasteiger partial charge on any atom is -0.494 e. The highest BCUT2D eigenvalue weighted by atomic mass is 16.5. The molecule has 7 heteroatoms. The van der Waals surface area contributed by atoms with Gasteiger partial charge < -0.3 is 25.4 Å². The van der Waals surface area contributed by atoms with Crippen LogP contribution in [-0.2, 0) is 17.8 Å². The van der Waals surface area contributed by atoms with Gasteiger partial charge in [-0.2, -0.15) is 0 Å². The molecule has 0 saturated carbocycles. The Morgan fingerprint density at radius 3 is 2.82 bits per heavy atom. The zero-order valence-electron chi connectivity index (χ0n) is 17.7. The maximum Gasteiger partial charge on any atom is 0.221 e. The minimum atomic E-state index is 0.0424. The molecule has 0 bridgehead atoms. The molecule has 2 unspecified atom stereocenters. The Morgan fingerprint density at radius 2 is 2.14 bits per heavy atom. The topological polar surface area (TPSA) is 84.0 Å². The van der Waals surface area contributed by atoms with Crippen molar-refractivity contribution in [2.75, 3.05) is 20.2 Å². The van der Waals surface area contributed by atoms with Crippen LogP contribution in [0.4, 0.5) is 0 Å². The zero-order chi connectivity index (χ0) is 20.5. The van der Waals surface area contributed by atoms with Crippen LogP contribution in [0.1, 0.15) is 51.7 Å². The van der Waals surface area contributed by atoms with Gasteiger partial charge in [-0.3, -0.25) is 9.79 Å². The van der Waals surface area contributed by atoms with Gasteiger partial charge in [0.1, 0.15) is 17.6 Å². The SMILES string of the molecule is CCOc1cc2c(cc1CNC(=NC)NCCC(=O)NC(C)CC)OC(C)C2. The molecule has 0 saturated heterocycles. The van der Waals surface area contributed by atoms with Gasteiger partial charge in [0.05, 0.1) is 6.61 Å². The van der Waals surface area contributed by atoms with E-state index < -0.39 is 0 Å². The van der Waals surface area contributed by atoms with E-state index in [9.17, 15) is 4.79 Å². The van der Waals surface area contributed by atoms with Gasteiger partial charge in [0.2, 0.25) is 5.91 Å². The molecule has 2 rings (SSSR count). The van der Waals surface area contributed by atoms with Crippen LogP contribution < -0.4 is 25.4 Å². The van der Waals surface area contributed by atoms with E-state index in [2.05, 4.69) is 40.9 Å². The van der Waals surface area contributed by atoms with Crippen molar-refractivity contribution >= 4 is 11.9 Å². The zero-order valence-corrected chi connectivity index (χ0v) is 17.7. The fourth-order valence-corrected chi connectivity index (χ4v) is 3.05. The number of amides is 1. The summed E-state index contributed by atoms with van der Waals surface area (Å²) in [6.45, 7) is 9.79. The lowest BCUT2D eigenvalue weighted by Crippen LogP contribution is -2.40. The maximum atomic E-state index is 11.9. The van der Waals surface area contributed by atoms with E-state index in [0.29, 0.717) is 32.1 Å². The minimum absolute atomic E-state index is 0.0424. The van der Waals surface area contributed by atoms with Crippen molar-refractivity contribution in [1.82, 2.24) is 16.0 Å². The Bertz CT molecular complexity index is 690. The van der Waals surface area contributed by atoms with Gasteiger partial charge >= 0.3 is 0 Å². The molecule has 156 valence electrons. The summed E-state index contributed by atoms with van der Waals surface area (Å²) in [6, 6.07) is 4.32. The molecule has 0 aliphatic carbocycles. The molecular formula is C21H34N4O3. The second kappa shape index (κ2) is 10.8. The van der Waals surface area contributed by atoms with Crippen molar-refractivity contribution in [3.8, 4) is 11.5 Å². The molecular weight excluding hydrogens is 356 g/mol. The van der Waals surface area contributed by atoms with Gasteiger partial charge in [-0.05, 0) is 39.3 Å². The summed E-state index contributed by atoms with van der Waals surface area (Å²) >= 11 is 0. The number of carbonyl (C=O) groups excluding carboxylic acids is 1. The first-order valence-corrected chi connectivity index (χ1v) is 10.2. The number of fused-ring (bicyclic) bond motifs is 1. The van der Waals surface area contributed by atoms with Gasteiger partial charge in [0.25, 0.3) is 0 Å². The summed E-state index contributed by atoms with van der Waals surface area (Å²) in [5.74, 6) is 2.49. The molecule has 1 heterocycles. The Labute approximate surface area is 168 Å². The molecule has 2 atom stereocenters. The highest BCUT2D eigenvalue weighted by molar-refractivity contribution is 5.81. The molecule has 0 spiro atoms. The summed E-state index contributed by atoms with van der Waals surface area (Å²) in [5, 5.41) is 9.42. The van der Waals surface area contributed by atoms with E-state index >= 15 is 0 Å². The number of ether oxygens (including phenoxy) is 2. The molecule has 1 aromatic rings. The normalized spacial score (nSPS) is 16.8. The van der Waals surface area contributed by atoms with E-state index in [0.717, 1.165) is 29.9 Å². The van der Waals surface area contributed by atoms with Crippen LogP contribution in [0, 0.1) is 0 Å². The predicted octanol–water partition coefficient (Wildman–Crippen LogP) is 2.38. The Kier molecular flexibility index (Phi) is 8.42. The second-order valence-electron chi connectivity index (χ2n) is 7.11. The molecule has 7 nitrogen and oxygen atoms in total. The van der Waals surface area contributed by atoms with E-state index in [4.69, 9.17) is 9.47 Å². The summed E-state index contributed by atoms with van der Waals surface area (Å²) in [6.07, 6.45) is 2.43. The Balaban J connectivity index is 1.89. The first kappa shape index (κ1) is 21.9. The fraction of sp³-hybridized carbons (Fsp3) is 0.619. The molecule has 0 fully saturated rings. The van der Waals surface area contributed by atoms with E-state index in [1.807, 2.05) is 19.9 Å². The Morgan fingerprint density at radius 1 is 1.36 bits per heavy atom.